The average Bonchev–Trinajstić information content (AvgIpc) is 3.32. The van der Waals surface area contributed by atoms with Crippen molar-refractivity contribution in [1.82, 2.24) is 14.8 Å². The van der Waals surface area contributed by atoms with Crippen molar-refractivity contribution in [2.45, 2.75) is 37.5 Å². The summed E-state index contributed by atoms with van der Waals surface area (Å²) in [6.45, 7) is 1.98. The number of halogens is 2. The van der Waals surface area contributed by atoms with Gasteiger partial charge in [-0.3, -0.25) is 4.79 Å². The molecule has 12 heteroatoms. The third-order valence-electron chi connectivity index (χ3n) is 7.13. The zero-order chi connectivity index (χ0) is 30.2. The molecule has 4 N–H and O–H groups in total. The minimum Gasteiger partial charge on any atom is -0.364 e. The summed E-state index contributed by atoms with van der Waals surface area (Å²) in [7, 11) is -2.33. The Morgan fingerprint density at radius 2 is 1.93 bits per heavy atom. The number of thiazole rings is 1. The van der Waals surface area contributed by atoms with Crippen LogP contribution in [0, 0.1) is 36.3 Å². The highest BCUT2D eigenvalue weighted by Gasteiger charge is 2.29. The summed E-state index contributed by atoms with van der Waals surface area (Å²) < 4.78 is 43.2. The fourth-order valence-corrected chi connectivity index (χ4v) is 6.79. The van der Waals surface area contributed by atoms with Gasteiger partial charge in [0, 0.05) is 27.8 Å². The van der Waals surface area contributed by atoms with Crippen LogP contribution >= 0.6 is 22.7 Å². The van der Waals surface area contributed by atoms with Gasteiger partial charge < -0.3 is 5.73 Å². The molecule has 0 saturated heterocycles. The van der Waals surface area contributed by atoms with Gasteiger partial charge in [0.25, 0.3) is 5.91 Å². The number of nitrogens with two attached hydrogens (primary N) is 2. The molecule has 1 saturated carbocycles. The van der Waals surface area contributed by atoms with E-state index in [0.717, 1.165) is 33.9 Å². The maximum absolute atomic E-state index is 14.9. The van der Waals surface area contributed by atoms with Crippen molar-refractivity contribution in [2.24, 2.45) is 16.8 Å². The van der Waals surface area contributed by atoms with Gasteiger partial charge in [0.15, 0.2) is 16.8 Å². The fraction of sp³-hybridized carbons (Fsp3) is 0.194. The minimum absolute atomic E-state index is 0.0441. The Bertz CT molecular complexity index is 1960. The van der Waals surface area contributed by atoms with Crippen LogP contribution < -0.4 is 10.9 Å². The standard InChI is InChI=1S/C31H25F2N5O2S3/c1-17-2-8-22(42-17)9-6-20-15-21(7-10-24(20)32)29-23(12-19-5-11-28(43(35)40)25(33)13-19)27(14-18-3-4-18)38(37-29)31-36-26(16-41-31)30(34)39/h2,5,7-8,10-11,13,15-16,18H,3-4,12,14H2,1H3,(H2,34,39)(H2,35,40)/p+1. The number of hydrogen-bond acceptors (Lipinski definition) is 6. The molecule has 1 aliphatic carbocycles. The maximum atomic E-state index is 14.9. The summed E-state index contributed by atoms with van der Waals surface area (Å²) in [6.07, 6.45) is 3.11. The summed E-state index contributed by atoms with van der Waals surface area (Å²) in [5.74, 6) is 4.70. The van der Waals surface area contributed by atoms with Crippen molar-refractivity contribution >= 4 is 39.6 Å². The molecule has 1 unspecified atom stereocenters. The second kappa shape index (κ2) is 11.9. The molecule has 5 aromatic rings. The van der Waals surface area contributed by atoms with Crippen LogP contribution in [0.5, 0.6) is 0 Å². The van der Waals surface area contributed by atoms with Crippen molar-refractivity contribution in [3.63, 3.8) is 0 Å². The number of carbonyl (C=O) groups is 1. The van der Waals surface area contributed by atoms with Gasteiger partial charge in [-0.2, -0.15) is 5.10 Å². The topological polar surface area (TPSA) is 117 Å². The second-order valence-corrected chi connectivity index (χ2v) is 13.6. The van der Waals surface area contributed by atoms with Gasteiger partial charge >= 0.3 is 0 Å². The Kier molecular flexibility index (Phi) is 8.07. The Labute approximate surface area is 257 Å². The molecular weight excluding hydrogens is 609 g/mol. The van der Waals surface area contributed by atoms with Crippen LogP contribution in [-0.2, 0) is 28.0 Å². The number of amides is 1. The number of aromatic nitrogens is 3. The quantitative estimate of drug-likeness (QED) is 0.131. The van der Waals surface area contributed by atoms with Crippen LogP contribution in [0.25, 0.3) is 16.4 Å². The van der Waals surface area contributed by atoms with Crippen molar-refractivity contribution < 1.29 is 17.8 Å². The SMILES string of the molecule is Cc1ccc(C#Cc2cc(-c3nn(-c4nc(C(N)=O)cs4)c(CC4CC4)c3Cc3ccc([SH+](N)=O)c(F)c3)ccc2F)s1. The van der Waals surface area contributed by atoms with Crippen LogP contribution in [0.1, 0.15) is 55.5 Å². The molecule has 43 heavy (non-hydrogen) atoms. The van der Waals surface area contributed by atoms with Gasteiger partial charge in [-0.25, -0.2) is 18.4 Å². The lowest BCUT2D eigenvalue weighted by Gasteiger charge is -2.09. The number of nitrogens with zero attached hydrogens (tertiary/aromatic N) is 3. The molecule has 3 heterocycles. The van der Waals surface area contributed by atoms with E-state index in [1.165, 1.54) is 40.9 Å². The van der Waals surface area contributed by atoms with Crippen molar-refractivity contribution in [3.05, 3.63) is 103 Å². The molecule has 2 aromatic carbocycles. The molecule has 1 fully saturated rings. The number of thiol groups is 1. The van der Waals surface area contributed by atoms with E-state index < -0.39 is 28.5 Å². The number of rotatable bonds is 8. The highest BCUT2D eigenvalue weighted by molar-refractivity contribution is 7.82. The smallest absolute Gasteiger partial charge is 0.268 e. The third-order valence-corrected chi connectivity index (χ3v) is 9.70. The number of hydrogen-bond donors (Lipinski definition) is 2. The number of carbonyl (C=O) groups excluding carboxylic acids is 1. The predicted molar refractivity (Wildman–Crippen MR) is 166 cm³/mol. The monoisotopic (exact) mass is 634 g/mol. The summed E-state index contributed by atoms with van der Waals surface area (Å²) in [5, 5.41) is 12.5. The molecule has 0 bridgehead atoms. The van der Waals surface area contributed by atoms with Gasteiger partial charge in [-0.15, -0.1) is 27.8 Å². The summed E-state index contributed by atoms with van der Waals surface area (Å²) in [5.41, 5.74) is 9.33. The number of thiophene rings is 1. The minimum atomic E-state index is -2.33. The molecule has 1 atom stereocenters. The Morgan fingerprint density at radius 1 is 1.12 bits per heavy atom. The van der Waals surface area contributed by atoms with E-state index in [2.05, 4.69) is 16.8 Å². The first-order chi connectivity index (χ1) is 20.7. The van der Waals surface area contributed by atoms with Crippen molar-refractivity contribution in [3.8, 4) is 28.2 Å². The fourth-order valence-electron chi connectivity index (χ4n) is 4.78. The Balaban J connectivity index is 1.51. The molecule has 0 radical (unpaired) electrons. The number of primary amides is 1. The van der Waals surface area contributed by atoms with E-state index in [-0.39, 0.29) is 22.6 Å². The third kappa shape index (κ3) is 6.35. The largest absolute Gasteiger partial charge is 0.364 e. The van der Waals surface area contributed by atoms with E-state index in [9.17, 15) is 17.8 Å². The van der Waals surface area contributed by atoms with E-state index in [1.54, 1.807) is 28.3 Å². The molecule has 7 nitrogen and oxygen atoms in total. The highest BCUT2D eigenvalue weighted by atomic mass is 32.2. The lowest BCUT2D eigenvalue weighted by molar-refractivity contribution is 0.0996. The second-order valence-electron chi connectivity index (χ2n) is 10.4. The zero-order valence-electron chi connectivity index (χ0n) is 22.9. The average molecular weight is 635 g/mol. The lowest BCUT2D eigenvalue weighted by Crippen LogP contribution is -2.12. The van der Waals surface area contributed by atoms with E-state index in [1.807, 2.05) is 19.1 Å². The van der Waals surface area contributed by atoms with Gasteiger partial charge in [0.05, 0.1) is 21.8 Å². The number of benzene rings is 2. The van der Waals surface area contributed by atoms with Gasteiger partial charge in [-0.1, -0.05) is 22.1 Å². The lowest BCUT2D eigenvalue weighted by atomic mass is 9.96. The summed E-state index contributed by atoms with van der Waals surface area (Å²) in [4.78, 5) is 18.1. The highest BCUT2D eigenvalue weighted by Crippen LogP contribution is 2.38. The van der Waals surface area contributed by atoms with Gasteiger partial charge in [0.2, 0.25) is 10.0 Å². The zero-order valence-corrected chi connectivity index (χ0v) is 25.5. The summed E-state index contributed by atoms with van der Waals surface area (Å²) in [6, 6.07) is 13.0. The molecule has 0 aliphatic heterocycles. The summed E-state index contributed by atoms with van der Waals surface area (Å²) >= 11 is 2.77. The van der Waals surface area contributed by atoms with E-state index in [4.69, 9.17) is 16.0 Å². The molecule has 1 aliphatic rings. The van der Waals surface area contributed by atoms with Crippen LogP contribution in [0.2, 0.25) is 0 Å². The predicted octanol–water partition coefficient (Wildman–Crippen LogP) is 5.61. The normalized spacial score (nSPS) is 13.5. The first-order valence-electron chi connectivity index (χ1n) is 13.4. The molecule has 0 spiro atoms. The molecule has 218 valence electrons. The Morgan fingerprint density at radius 3 is 2.58 bits per heavy atom. The van der Waals surface area contributed by atoms with E-state index in [0.29, 0.717) is 34.3 Å². The molecule has 6 rings (SSSR count). The van der Waals surface area contributed by atoms with Crippen LogP contribution in [-0.4, -0.2) is 20.7 Å². The van der Waals surface area contributed by atoms with Crippen LogP contribution in [0.15, 0.2) is 58.8 Å². The first-order valence-corrected chi connectivity index (χ1v) is 16.4. The number of aryl methyl sites for hydroxylation is 1. The van der Waals surface area contributed by atoms with Crippen molar-refractivity contribution in [1.29, 1.82) is 0 Å². The maximum Gasteiger partial charge on any atom is 0.268 e. The Hall–Kier alpha value is -4.02. The van der Waals surface area contributed by atoms with E-state index >= 15 is 0 Å². The molecular formula is C31H26F2N5O2S3+. The first kappa shape index (κ1) is 29.1. The van der Waals surface area contributed by atoms with Gasteiger partial charge in [0.1, 0.15) is 11.5 Å². The van der Waals surface area contributed by atoms with Gasteiger partial charge in [-0.05, 0) is 80.1 Å². The van der Waals surface area contributed by atoms with Crippen LogP contribution in [0.4, 0.5) is 8.78 Å². The molecule has 1 amide bonds. The molecule has 3 aromatic heterocycles. The van der Waals surface area contributed by atoms with Crippen LogP contribution in [0.3, 0.4) is 0 Å². The van der Waals surface area contributed by atoms with Crippen molar-refractivity contribution in [2.75, 3.05) is 0 Å².